The van der Waals surface area contributed by atoms with E-state index >= 15 is 4.39 Å². The van der Waals surface area contributed by atoms with E-state index in [-0.39, 0.29) is 25.6 Å². The van der Waals surface area contributed by atoms with Gasteiger partial charge in [0.05, 0.1) is 12.6 Å². The van der Waals surface area contributed by atoms with E-state index in [2.05, 4.69) is 18.2 Å². The van der Waals surface area contributed by atoms with E-state index in [0.29, 0.717) is 25.1 Å². The number of nitrogens with zero attached hydrogens (tertiary/aromatic N) is 1. The van der Waals surface area contributed by atoms with E-state index in [9.17, 15) is 4.79 Å². The van der Waals surface area contributed by atoms with Crippen molar-refractivity contribution >= 4 is 5.97 Å². The minimum atomic E-state index is -1.97. The Morgan fingerprint density at radius 2 is 2.35 bits per heavy atom. The second-order valence-corrected chi connectivity index (χ2v) is 6.82. The van der Waals surface area contributed by atoms with Crippen LogP contribution in [0.25, 0.3) is 0 Å². The van der Waals surface area contributed by atoms with Crippen LogP contribution in [0.1, 0.15) is 39.0 Å². The van der Waals surface area contributed by atoms with Gasteiger partial charge in [0.2, 0.25) is 5.67 Å². The van der Waals surface area contributed by atoms with Crippen molar-refractivity contribution in [2.24, 2.45) is 0 Å². The number of alkyl halides is 1. The average Bonchev–Trinajstić information content (AvgIpc) is 2.68. The highest BCUT2D eigenvalue weighted by Gasteiger charge is 2.46. The summed E-state index contributed by atoms with van der Waals surface area (Å²) < 4.78 is 31.1. The summed E-state index contributed by atoms with van der Waals surface area (Å²) in [5, 5.41) is 0. The molecule has 1 fully saturated rings. The van der Waals surface area contributed by atoms with Crippen molar-refractivity contribution in [2.75, 3.05) is 19.7 Å². The quantitative estimate of drug-likeness (QED) is 0.673. The first-order valence-corrected chi connectivity index (χ1v) is 9.24. The van der Waals surface area contributed by atoms with Crippen molar-refractivity contribution in [1.29, 1.82) is 0 Å². The lowest BCUT2D eigenvalue weighted by Crippen LogP contribution is -2.54. The highest BCUT2D eigenvalue weighted by atomic mass is 19.1. The first-order chi connectivity index (χ1) is 12.6. The number of rotatable bonds is 6. The van der Waals surface area contributed by atoms with Crippen LogP contribution < -0.4 is 0 Å². The minimum Gasteiger partial charge on any atom is -0.466 e. The molecule has 0 spiro atoms. The van der Waals surface area contributed by atoms with E-state index < -0.39 is 11.6 Å². The fraction of sp³-hybridized carbons (Fsp3) is 0.550. The predicted octanol–water partition coefficient (Wildman–Crippen LogP) is 3.75. The molecule has 0 aromatic heterocycles. The number of allylic oxidation sites excluding steroid dienone is 3. The molecule has 6 heteroatoms. The molecule has 3 rings (SSSR count). The number of halogens is 1. The van der Waals surface area contributed by atoms with E-state index in [1.54, 1.807) is 13.2 Å². The van der Waals surface area contributed by atoms with Crippen molar-refractivity contribution in [3.05, 3.63) is 48.3 Å². The van der Waals surface area contributed by atoms with Gasteiger partial charge < -0.3 is 14.2 Å². The van der Waals surface area contributed by atoms with E-state index in [0.717, 1.165) is 12.8 Å². The average molecular weight is 363 g/mol. The summed E-state index contributed by atoms with van der Waals surface area (Å²) >= 11 is 0. The molecule has 0 bridgehead atoms. The molecule has 0 N–H and O–H groups in total. The summed E-state index contributed by atoms with van der Waals surface area (Å²) in [6, 6.07) is -0.178. The third-order valence-corrected chi connectivity index (χ3v) is 4.96. The highest BCUT2D eigenvalue weighted by molar-refractivity contribution is 5.80. The van der Waals surface area contributed by atoms with Crippen molar-refractivity contribution < 1.29 is 23.4 Å². The Balaban J connectivity index is 1.78. The number of piperidine rings is 1. The zero-order valence-electron chi connectivity index (χ0n) is 15.2. The van der Waals surface area contributed by atoms with Gasteiger partial charge in [0, 0.05) is 6.54 Å². The smallest absolute Gasteiger partial charge is 0.345 e. The van der Waals surface area contributed by atoms with Gasteiger partial charge in [0.1, 0.15) is 18.8 Å². The zero-order valence-corrected chi connectivity index (χ0v) is 15.2. The molecule has 0 saturated carbocycles. The second-order valence-electron chi connectivity index (χ2n) is 6.82. The lowest BCUT2D eigenvalue weighted by molar-refractivity contribution is -0.162. The van der Waals surface area contributed by atoms with Gasteiger partial charge in [-0.15, -0.1) is 0 Å². The monoisotopic (exact) mass is 363 g/mol. The normalized spacial score (nSPS) is 27.0. The molecular formula is C20H26FNO4. The zero-order chi connectivity index (χ0) is 18.4. The van der Waals surface area contributed by atoms with Gasteiger partial charge in [-0.25, -0.2) is 9.18 Å². The van der Waals surface area contributed by atoms with Crippen LogP contribution in [0.4, 0.5) is 4.39 Å². The second kappa shape index (κ2) is 8.54. The number of esters is 1. The Bertz CT molecular complexity index is 640. The molecule has 0 aromatic carbocycles. The van der Waals surface area contributed by atoms with Crippen molar-refractivity contribution in [3.8, 4) is 0 Å². The van der Waals surface area contributed by atoms with E-state index in [1.807, 2.05) is 4.90 Å². The molecule has 0 radical (unpaired) electrons. The third-order valence-electron chi connectivity index (χ3n) is 4.96. The van der Waals surface area contributed by atoms with Crippen LogP contribution in [0.3, 0.4) is 0 Å². The van der Waals surface area contributed by atoms with Crippen LogP contribution in [0.2, 0.25) is 0 Å². The largest absolute Gasteiger partial charge is 0.466 e. The number of carbonyl (C=O) groups excluding carboxylic acids is 1. The van der Waals surface area contributed by atoms with Crippen LogP contribution in [0.5, 0.6) is 0 Å². The molecule has 2 aliphatic heterocycles. The number of likely N-dealkylation sites (tertiary alicyclic amines) is 1. The summed E-state index contributed by atoms with van der Waals surface area (Å²) in [6.45, 7) is 2.57. The first-order valence-electron chi connectivity index (χ1n) is 9.24. The Morgan fingerprint density at radius 1 is 1.46 bits per heavy atom. The van der Waals surface area contributed by atoms with Crippen molar-refractivity contribution in [2.45, 2.75) is 50.7 Å². The number of ether oxygens (including phenoxy) is 3. The summed E-state index contributed by atoms with van der Waals surface area (Å²) in [5.74, 6) is -0.131. The summed E-state index contributed by atoms with van der Waals surface area (Å²) in [5.41, 5.74) is -0.693. The van der Waals surface area contributed by atoms with Gasteiger partial charge in [-0.1, -0.05) is 23.8 Å². The summed E-state index contributed by atoms with van der Waals surface area (Å²) in [7, 11) is 0. The van der Waals surface area contributed by atoms with Crippen LogP contribution in [0, 0.1) is 0 Å². The molecule has 142 valence electrons. The molecule has 2 atom stereocenters. The molecule has 0 amide bonds. The fourth-order valence-electron chi connectivity index (χ4n) is 3.65. The Kier molecular flexibility index (Phi) is 6.14. The molecule has 26 heavy (non-hydrogen) atoms. The maximum atomic E-state index is 15.3. The van der Waals surface area contributed by atoms with Gasteiger partial charge in [0.25, 0.3) is 0 Å². The predicted molar refractivity (Wildman–Crippen MR) is 95.5 cm³/mol. The molecule has 3 aliphatic rings. The molecule has 2 unspecified atom stereocenters. The molecule has 0 aromatic rings. The molecule has 2 heterocycles. The van der Waals surface area contributed by atoms with Crippen LogP contribution in [-0.2, 0) is 19.0 Å². The Hall–Kier alpha value is -2.08. The fourth-order valence-corrected chi connectivity index (χ4v) is 3.65. The molecule has 5 nitrogen and oxygen atoms in total. The number of carbonyl (C=O) groups is 1. The van der Waals surface area contributed by atoms with Crippen molar-refractivity contribution in [3.63, 3.8) is 0 Å². The van der Waals surface area contributed by atoms with Gasteiger partial charge in [-0.05, 0) is 45.6 Å². The van der Waals surface area contributed by atoms with Gasteiger partial charge in [-0.2, -0.15) is 0 Å². The first kappa shape index (κ1) is 18.7. The molecular weight excluding hydrogens is 337 g/mol. The third kappa shape index (κ3) is 4.36. The number of hydrogen-bond acceptors (Lipinski definition) is 5. The van der Waals surface area contributed by atoms with Crippen LogP contribution >= 0.6 is 0 Å². The highest BCUT2D eigenvalue weighted by Crippen LogP contribution is 2.33. The maximum Gasteiger partial charge on any atom is 0.345 e. The van der Waals surface area contributed by atoms with E-state index in [1.165, 1.54) is 18.1 Å². The van der Waals surface area contributed by atoms with Gasteiger partial charge in [0.15, 0.2) is 5.76 Å². The SMILES string of the molecule is CCOC(=O)C1(F)CCCN(C(CC2=CC=CCC2)C2=COC=CO2)C1. The van der Waals surface area contributed by atoms with Crippen LogP contribution in [-0.4, -0.2) is 42.3 Å². The van der Waals surface area contributed by atoms with Crippen LogP contribution in [0.15, 0.2) is 48.3 Å². The lowest BCUT2D eigenvalue weighted by atomic mass is 9.90. The molecule has 1 aliphatic carbocycles. The molecule has 1 saturated heterocycles. The maximum absolute atomic E-state index is 15.3. The number of hydrogen-bond donors (Lipinski definition) is 0. The minimum absolute atomic E-state index is 0.00400. The topological polar surface area (TPSA) is 48.0 Å². The lowest BCUT2D eigenvalue weighted by Gasteiger charge is -2.40. The van der Waals surface area contributed by atoms with Crippen molar-refractivity contribution in [1.82, 2.24) is 4.90 Å². The Labute approximate surface area is 153 Å². The van der Waals surface area contributed by atoms with Gasteiger partial charge >= 0.3 is 5.97 Å². The standard InChI is InChI=1S/C20H26FNO4/c1-2-25-19(23)20(21)9-6-10-22(15-20)17(18-14-24-11-12-26-18)13-16-7-4-3-5-8-16/h3-4,7,11-12,14,17H,2,5-6,8-10,13,15H2,1H3. The summed E-state index contributed by atoms with van der Waals surface area (Å²) in [6.07, 6.45) is 14.3. The van der Waals surface area contributed by atoms with E-state index in [4.69, 9.17) is 14.2 Å². The van der Waals surface area contributed by atoms with Gasteiger partial charge in [-0.3, -0.25) is 4.90 Å². The Morgan fingerprint density at radius 3 is 3.04 bits per heavy atom. The summed E-state index contributed by atoms with van der Waals surface area (Å²) in [4.78, 5) is 14.1.